The van der Waals surface area contributed by atoms with Gasteiger partial charge in [0.2, 0.25) is 5.56 Å². The van der Waals surface area contributed by atoms with Crippen molar-refractivity contribution in [3.63, 3.8) is 0 Å². The van der Waals surface area contributed by atoms with Gasteiger partial charge in [-0.05, 0) is 18.1 Å². The summed E-state index contributed by atoms with van der Waals surface area (Å²) < 4.78 is 0. The van der Waals surface area contributed by atoms with Crippen LogP contribution in [0.4, 0.5) is 5.13 Å². The Balaban J connectivity index is 1.72. The summed E-state index contributed by atoms with van der Waals surface area (Å²) in [6.07, 6.45) is 3.58. The number of aryl methyl sites for hydroxylation is 1. The summed E-state index contributed by atoms with van der Waals surface area (Å²) in [5.74, 6) is -0.301. The van der Waals surface area contributed by atoms with E-state index < -0.39 is 0 Å². The molecule has 0 bridgehead atoms. The molecule has 3 aromatic rings. The summed E-state index contributed by atoms with van der Waals surface area (Å²) in [4.78, 5) is 30.1. The molecule has 0 spiro atoms. The summed E-state index contributed by atoms with van der Waals surface area (Å²) >= 11 is 1.37. The van der Waals surface area contributed by atoms with Gasteiger partial charge in [0.15, 0.2) is 5.13 Å². The maximum Gasteiger partial charge on any atom is 0.258 e. The first-order valence-electron chi connectivity index (χ1n) is 7.70. The molecule has 6 heteroatoms. The predicted molar refractivity (Wildman–Crippen MR) is 96.6 cm³/mol. The van der Waals surface area contributed by atoms with Crippen LogP contribution in [0.25, 0.3) is 11.3 Å². The number of pyridine rings is 1. The third-order valence-corrected chi connectivity index (χ3v) is 4.32. The van der Waals surface area contributed by atoms with Crippen molar-refractivity contribution in [2.75, 3.05) is 5.32 Å². The number of thiazole rings is 1. The highest BCUT2D eigenvalue weighted by Crippen LogP contribution is 2.25. The first-order valence-corrected chi connectivity index (χ1v) is 8.58. The average molecular weight is 339 g/mol. The monoisotopic (exact) mass is 339 g/mol. The van der Waals surface area contributed by atoms with Crippen LogP contribution in [0.15, 0.2) is 52.8 Å². The molecule has 2 heterocycles. The van der Waals surface area contributed by atoms with Gasteiger partial charge in [-0.2, -0.15) is 0 Å². The van der Waals surface area contributed by atoms with E-state index in [0.717, 1.165) is 24.1 Å². The number of nitrogens with zero attached hydrogens (tertiary/aromatic N) is 1. The van der Waals surface area contributed by atoms with Gasteiger partial charge in [-0.1, -0.05) is 37.6 Å². The second-order valence-corrected chi connectivity index (χ2v) is 6.24. The fourth-order valence-electron chi connectivity index (χ4n) is 2.32. The number of anilines is 1. The highest BCUT2D eigenvalue weighted by molar-refractivity contribution is 7.14. The smallest absolute Gasteiger partial charge is 0.258 e. The van der Waals surface area contributed by atoms with Crippen molar-refractivity contribution in [2.24, 2.45) is 0 Å². The number of rotatable bonds is 5. The number of hydrogen-bond acceptors (Lipinski definition) is 4. The molecular weight excluding hydrogens is 322 g/mol. The Bertz CT molecular complexity index is 877. The molecule has 5 nitrogen and oxygen atoms in total. The first kappa shape index (κ1) is 16.1. The van der Waals surface area contributed by atoms with Crippen LogP contribution in [0.1, 0.15) is 29.3 Å². The van der Waals surface area contributed by atoms with E-state index in [1.165, 1.54) is 35.2 Å². The van der Waals surface area contributed by atoms with E-state index in [-0.39, 0.29) is 11.5 Å². The van der Waals surface area contributed by atoms with E-state index in [2.05, 4.69) is 34.3 Å². The molecule has 0 aliphatic heterocycles. The molecule has 0 saturated heterocycles. The summed E-state index contributed by atoms with van der Waals surface area (Å²) in [5, 5.41) is 5.19. The minimum atomic E-state index is -0.301. The number of H-pyrrole nitrogens is 1. The van der Waals surface area contributed by atoms with Crippen LogP contribution in [0.3, 0.4) is 0 Å². The van der Waals surface area contributed by atoms with Gasteiger partial charge in [-0.3, -0.25) is 14.9 Å². The SMILES string of the molecule is CCCc1ccc(-c2csc(NC(=O)c3ccc(=O)[nH]c3)n2)cc1. The summed E-state index contributed by atoms with van der Waals surface area (Å²) in [6, 6.07) is 11.1. The number of carbonyl (C=O) groups is 1. The van der Waals surface area contributed by atoms with Crippen LogP contribution < -0.4 is 10.9 Å². The molecule has 3 rings (SSSR count). The molecule has 1 amide bonds. The van der Waals surface area contributed by atoms with Crippen LogP contribution in [-0.4, -0.2) is 15.9 Å². The highest BCUT2D eigenvalue weighted by atomic mass is 32.1. The number of aromatic amines is 1. The summed E-state index contributed by atoms with van der Waals surface area (Å²) in [5.41, 5.74) is 3.31. The van der Waals surface area contributed by atoms with Crippen molar-refractivity contribution < 1.29 is 4.79 Å². The zero-order chi connectivity index (χ0) is 16.9. The molecule has 122 valence electrons. The van der Waals surface area contributed by atoms with Crippen molar-refractivity contribution >= 4 is 22.4 Å². The van der Waals surface area contributed by atoms with Crippen molar-refractivity contribution in [3.8, 4) is 11.3 Å². The third-order valence-electron chi connectivity index (χ3n) is 3.56. The molecule has 2 aromatic heterocycles. The van der Waals surface area contributed by atoms with E-state index >= 15 is 0 Å². The second kappa shape index (κ2) is 7.23. The average Bonchev–Trinajstić information content (AvgIpc) is 3.05. The van der Waals surface area contributed by atoms with Crippen LogP contribution >= 0.6 is 11.3 Å². The molecular formula is C18H17N3O2S. The number of hydrogen-bond donors (Lipinski definition) is 2. The summed E-state index contributed by atoms with van der Waals surface area (Å²) in [7, 11) is 0. The Kier molecular flexibility index (Phi) is 4.86. The number of carbonyl (C=O) groups excluding carboxylic acids is 1. The fourth-order valence-corrected chi connectivity index (χ4v) is 3.03. The molecule has 0 atom stereocenters. The number of benzene rings is 1. The molecule has 0 aliphatic rings. The lowest BCUT2D eigenvalue weighted by atomic mass is 10.1. The standard InChI is InChI=1S/C18H17N3O2S/c1-2-3-12-4-6-13(7-5-12)15-11-24-18(20-15)21-17(23)14-8-9-16(22)19-10-14/h4-11H,2-3H2,1H3,(H,19,22)(H,20,21,23). The van der Waals surface area contributed by atoms with E-state index in [4.69, 9.17) is 0 Å². The number of aromatic nitrogens is 2. The molecule has 0 radical (unpaired) electrons. The molecule has 2 N–H and O–H groups in total. The van der Waals surface area contributed by atoms with E-state index in [1.54, 1.807) is 0 Å². The lowest BCUT2D eigenvalue weighted by molar-refractivity contribution is 0.102. The largest absolute Gasteiger partial charge is 0.328 e. The molecule has 0 fully saturated rings. The van der Waals surface area contributed by atoms with Crippen LogP contribution in [0, 0.1) is 0 Å². The maximum atomic E-state index is 12.1. The number of nitrogens with one attached hydrogen (secondary N) is 2. The van der Waals surface area contributed by atoms with Crippen molar-refractivity contribution in [1.29, 1.82) is 0 Å². The van der Waals surface area contributed by atoms with Gasteiger partial charge >= 0.3 is 0 Å². The minimum Gasteiger partial charge on any atom is -0.328 e. The van der Waals surface area contributed by atoms with Gasteiger partial charge in [0.1, 0.15) is 0 Å². The topological polar surface area (TPSA) is 74.8 Å². The molecule has 24 heavy (non-hydrogen) atoms. The normalized spacial score (nSPS) is 10.5. The Morgan fingerprint density at radius 1 is 1.21 bits per heavy atom. The van der Waals surface area contributed by atoms with Crippen molar-refractivity contribution in [2.45, 2.75) is 19.8 Å². The van der Waals surface area contributed by atoms with Gasteiger partial charge in [0.25, 0.3) is 5.91 Å². The van der Waals surface area contributed by atoms with Crippen LogP contribution in [-0.2, 0) is 6.42 Å². The van der Waals surface area contributed by atoms with Gasteiger partial charge in [-0.25, -0.2) is 4.98 Å². The van der Waals surface area contributed by atoms with E-state index in [9.17, 15) is 9.59 Å². The van der Waals surface area contributed by atoms with E-state index in [0.29, 0.717) is 10.7 Å². The second-order valence-electron chi connectivity index (χ2n) is 5.38. The van der Waals surface area contributed by atoms with E-state index in [1.807, 2.05) is 17.5 Å². The Labute approximate surface area is 143 Å². The zero-order valence-electron chi connectivity index (χ0n) is 13.2. The highest BCUT2D eigenvalue weighted by Gasteiger charge is 2.10. The third kappa shape index (κ3) is 3.78. The van der Waals surface area contributed by atoms with Crippen molar-refractivity contribution in [3.05, 3.63) is 69.5 Å². The lowest BCUT2D eigenvalue weighted by Crippen LogP contribution is -2.14. The van der Waals surface area contributed by atoms with Gasteiger partial charge in [0, 0.05) is 23.2 Å². The molecule has 1 aromatic carbocycles. The lowest BCUT2D eigenvalue weighted by Gasteiger charge is -2.02. The fraction of sp³-hybridized carbons (Fsp3) is 0.167. The van der Waals surface area contributed by atoms with Crippen LogP contribution in [0.2, 0.25) is 0 Å². The quantitative estimate of drug-likeness (QED) is 0.744. The Hall–Kier alpha value is -2.73. The van der Waals surface area contributed by atoms with Crippen molar-refractivity contribution in [1.82, 2.24) is 9.97 Å². The van der Waals surface area contributed by atoms with Gasteiger partial charge in [0.05, 0.1) is 11.3 Å². The molecule has 0 saturated carbocycles. The molecule has 0 unspecified atom stereocenters. The summed E-state index contributed by atoms with van der Waals surface area (Å²) in [6.45, 7) is 2.16. The first-order chi connectivity index (χ1) is 11.7. The Morgan fingerprint density at radius 3 is 2.67 bits per heavy atom. The zero-order valence-corrected chi connectivity index (χ0v) is 14.0. The number of amides is 1. The van der Waals surface area contributed by atoms with Crippen LogP contribution in [0.5, 0.6) is 0 Å². The minimum absolute atomic E-state index is 0.241. The maximum absolute atomic E-state index is 12.1. The molecule has 0 aliphatic carbocycles. The van der Waals surface area contributed by atoms with Gasteiger partial charge in [-0.15, -0.1) is 11.3 Å². The Morgan fingerprint density at radius 2 is 2.00 bits per heavy atom. The van der Waals surface area contributed by atoms with Gasteiger partial charge < -0.3 is 4.98 Å². The predicted octanol–water partition coefficient (Wildman–Crippen LogP) is 3.70.